The van der Waals surface area contributed by atoms with Gasteiger partial charge in [0.05, 0.1) is 6.61 Å². The second kappa shape index (κ2) is 6.77. The smallest absolute Gasteiger partial charge is 0.123 e. The largest absolute Gasteiger partial charge is 0.492 e. The van der Waals surface area contributed by atoms with Gasteiger partial charge >= 0.3 is 0 Å². The number of benzene rings is 1. The normalized spacial score (nSPS) is 26.1. The maximum absolute atomic E-state index is 5.87. The van der Waals surface area contributed by atoms with Crippen molar-refractivity contribution >= 4 is 0 Å². The molecule has 1 aromatic rings. The zero-order valence-corrected chi connectivity index (χ0v) is 12.9. The fraction of sp³-hybridized carbons (Fsp3) is 0.647. The third-order valence-electron chi connectivity index (χ3n) is 4.53. The fourth-order valence-corrected chi connectivity index (χ4v) is 3.35. The van der Waals surface area contributed by atoms with E-state index in [1.807, 2.05) is 6.07 Å². The highest BCUT2D eigenvalue weighted by Crippen LogP contribution is 2.31. The second-order valence-electron chi connectivity index (χ2n) is 6.25. The molecule has 0 saturated carbocycles. The lowest BCUT2D eigenvalue weighted by molar-refractivity contribution is 0.101. The van der Waals surface area contributed by atoms with Crippen LogP contribution in [0, 0.1) is 5.41 Å². The number of para-hydroxylation sites is 1. The number of nitrogens with one attached hydrogen (secondary N) is 1. The molecule has 0 bridgehead atoms. The molecule has 4 heteroatoms. The Morgan fingerprint density at radius 2 is 2.19 bits per heavy atom. The zero-order valence-electron chi connectivity index (χ0n) is 12.9. The van der Waals surface area contributed by atoms with Crippen molar-refractivity contribution in [2.75, 3.05) is 46.0 Å². The minimum atomic E-state index is 0.259. The lowest BCUT2D eigenvalue weighted by Gasteiger charge is -2.33. The van der Waals surface area contributed by atoms with Gasteiger partial charge in [-0.05, 0) is 19.0 Å². The van der Waals surface area contributed by atoms with E-state index < -0.39 is 0 Å². The average Bonchev–Trinajstić information content (AvgIpc) is 2.85. The Morgan fingerprint density at radius 3 is 3.00 bits per heavy atom. The van der Waals surface area contributed by atoms with Gasteiger partial charge in [0.15, 0.2) is 0 Å². The number of ether oxygens (including phenoxy) is 2. The van der Waals surface area contributed by atoms with E-state index in [1.165, 1.54) is 5.56 Å². The van der Waals surface area contributed by atoms with E-state index >= 15 is 0 Å². The minimum absolute atomic E-state index is 0.259. The van der Waals surface area contributed by atoms with Gasteiger partial charge in [0.1, 0.15) is 12.4 Å². The molecule has 0 aliphatic carbocycles. The predicted molar refractivity (Wildman–Crippen MR) is 83.6 cm³/mol. The molecule has 1 N–H and O–H groups in total. The molecule has 0 radical (unpaired) electrons. The van der Waals surface area contributed by atoms with Crippen molar-refractivity contribution in [3.8, 4) is 5.75 Å². The van der Waals surface area contributed by atoms with Crippen molar-refractivity contribution in [2.24, 2.45) is 5.41 Å². The molecule has 3 rings (SSSR count). The van der Waals surface area contributed by atoms with Crippen LogP contribution in [0.1, 0.15) is 18.9 Å². The molecule has 1 unspecified atom stereocenters. The average molecular weight is 290 g/mol. The fourth-order valence-electron chi connectivity index (χ4n) is 3.35. The third-order valence-corrected chi connectivity index (χ3v) is 4.53. The topological polar surface area (TPSA) is 33.7 Å². The third kappa shape index (κ3) is 3.57. The Bertz CT molecular complexity index is 458. The van der Waals surface area contributed by atoms with E-state index in [-0.39, 0.29) is 5.41 Å². The van der Waals surface area contributed by atoms with E-state index in [2.05, 4.69) is 35.3 Å². The monoisotopic (exact) mass is 290 g/mol. The summed E-state index contributed by atoms with van der Waals surface area (Å²) in [6.45, 7) is 9.82. The van der Waals surface area contributed by atoms with Crippen LogP contribution in [-0.4, -0.2) is 50.9 Å². The molecule has 1 fully saturated rings. The molecule has 2 aliphatic rings. The highest BCUT2D eigenvalue weighted by molar-refractivity contribution is 5.33. The van der Waals surface area contributed by atoms with Crippen LogP contribution in [0.5, 0.6) is 5.75 Å². The van der Waals surface area contributed by atoms with Gasteiger partial charge in [0.2, 0.25) is 0 Å². The molecule has 116 valence electrons. The lowest BCUT2D eigenvalue weighted by Crippen LogP contribution is -2.45. The van der Waals surface area contributed by atoms with Crippen molar-refractivity contribution in [3.63, 3.8) is 0 Å². The molecule has 1 saturated heterocycles. The number of hydrogen-bond donors (Lipinski definition) is 1. The Kier molecular flexibility index (Phi) is 4.78. The van der Waals surface area contributed by atoms with Crippen LogP contribution in [0.2, 0.25) is 0 Å². The van der Waals surface area contributed by atoms with Gasteiger partial charge in [-0.2, -0.15) is 0 Å². The Hall–Kier alpha value is -1.10. The van der Waals surface area contributed by atoms with Gasteiger partial charge in [-0.1, -0.05) is 25.1 Å². The highest BCUT2D eigenvalue weighted by Gasteiger charge is 2.36. The first-order chi connectivity index (χ1) is 10.3. The van der Waals surface area contributed by atoms with E-state index in [4.69, 9.17) is 9.47 Å². The van der Waals surface area contributed by atoms with Gasteiger partial charge < -0.3 is 14.8 Å². The number of rotatable bonds is 5. The summed E-state index contributed by atoms with van der Waals surface area (Å²) in [5.74, 6) is 1.04. The molecule has 0 aromatic heterocycles. The second-order valence-corrected chi connectivity index (χ2v) is 6.25. The van der Waals surface area contributed by atoms with Crippen molar-refractivity contribution < 1.29 is 9.47 Å². The summed E-state index contributed by atoms with van der Waals surface area (Å²) in [7, 11) is 0. The van der Waals surface area contributed by atoms with Gasteiger partial charge in [-0.15, -0.1) is 0 Å². The number of hydrogen-bond acceptors (Lipinski definition) is 4. The number of fused-ring (bicyclic) bond motifs is 1. The molecule has 0 spiro atoms. The van der Waals surface area contributed by atoms with Crippen LogP contribution in [-0.2, 0) is 11.3 Å². The molecular formula is C17H26N2O2. The van der Waals surface area contributed by atoms with Gasteiger partial charge in [0, 0.05) is 43.8 Å². The Morgan fingerprint density at radius 1 is 1.29 bits per heavy atom. The first-order valence-corrected chi connectivity index (χ1v) is 8.03. The molecule has 1 atom stereocenters. The Labute approximate surface area is 127 Å². The summed E-state index contributed by atoms with van der Waals surface area (Å²) in [4.78, 5) is 2.53. The summed E-state index contributed by atoms with van der Waals surface area (Å²) >= 11 is 0. The van der Waals surface area contributed by atoms with E-state index in [0.29, 0.717) is 0 Å². The summed E-state index contributed by atoms with van der Waals surface area (Å²) in [5, 5.41) is 3.52. The molecule has 21 heavy (non-hydrogen) atoms. The van der Waals surface area contributed by atoms with Crippen molar-refractivity contribution in [2.45, 2.75) is 19.9 Å². The van der Waals surface area contributed by atoms with E-state index in [1.54, 1.807) is 0 Å². The van der Waals surface area contributed by atoms with Crippen LogP contribution >= 0.6 is 0 Å². The van der Waals surface area contributed by atoms with Crippen LogP contribution in [0.4, 0.5) is 0 Å². The molecule has 2 aliphatic heterocycles. The van der Waals surface area contributed by atoms with Gasteiger partial charge in [-0.3, -0.25) is 4.90 Å². The SMILES string of the molecule is CCNCC1(CN2CCOc3ccccc3C2)CCOC1. The first kappa shape index (κ1) is 14.8. The van der Waals surface area contributed by atoms with Gasteiger partial charge in [0.25, 0.3) is 0 Å². The highest BCUT2D eigenvalue weighted by atomic mass is 16.5. The van der Waals surface area contributed by atoms with Crippen LogP contribution < -0.4 is 10.1 Å². The van der Waals surface area contributed by atoms with E-state index in [9.17, 15) is 0 Å². The quantitative estimate of drug-likeness (QED) is 0.898. The summed E-state index contributed by atoms with van der Waals surface area (Å²) < 4.78 is 11.6. The van der Waals surface area contributed by atoms with Crippen molar-refractivity contribution in [1.29, 1.82) is 0 Å². The molecule has 0 amide bonds. The number of nitrogens with zero attached hydrogens (tertiary/aromatic N) is 1. The summed E-state index contributed by atoms with van der Waals surface area (Å²) in [6.07, 6.45) is 1.15. The Balaban J connectivity index is 1.68. The summed E-state index contributed by atoms with van der Waals surface area (Å²) in [6, 6.07) is 8.40. The van der Waals surface area contributed by atoms with Crippen molar-refractivity contribution in [3.05, 3.63) is 29.8 Å². The summed E-state index contributed by atoms with van der Waals surface area (Å²) in [5.41, 5.74) is 1.56. The van der Waals surface area contributed by atoms with Gasteiger partial charge in [-0.25, -0.2) is 0 Å². The molecule has 4 nitrogen and oxygen atoms in total. The maximum atomic E-state index is 5.87. The van der Waals surface area contributed by atoms with Crippen LogP contribution in [0.15, 0.2) is 24.3 Å². The zero-order chi connectivity index (χ0) is 14.5. The first-order valence-electron chi connectivity index (χ1n) is 8.03. The van der Waals surface area contributed by atoms with Crippen LogP contribution in [0.25, 0.3) is 0 Å². The maximum Gasteiger partial charge on any atom is 0.123 e. The standard InChI is InChI=1S/C17H26N2O2/c1-2-18-12-17(7-9-20-14-17)13-19-8-10-21-16-6-4-3-5-15(16)11-19/h3-6,18H,2,7-14H2,1H3. The predicted octanol–water partition coefficient (Wildman–Crippen LogP) is 1.90. The molecular weight excluding hydrogens is 264 g/mol. The molecule has 2 heterocycles. The lowest BCUT2D eigenvalue weighted by atomic mass is 9.86. The van der Waals surface area contributed by atoms with E-state index in [0.717, 1.165) is 64.7 Å². The van der Waals surface area contributed by atoms with Crippen LogP contribution in [0.3, 0.4) is 0 Å². The minimum Gasteiger partial charge on any atom is -0.492 e. The molecule has 1 aromatic carbocycles. The van der Waals surface area contributed by atoms with Crippen molar-refractivity contribution in [1.82, 2.24) is 10.2 Å².